The molecule has 0 amide bonds. The maximum Gasteiger partial charge on any atom is 0.215 e. The van der Waals surface area contributed by atoms with Crippen LogP contribution in [0, 0.1) is 0 Å². The summed E-state index contributed by atoms with van der Waals surface area (Å²) in [5.74, 6) is -0.198. The zero-order valence-electron chi connectivity index (χ0n) is 8.98. The molecule has 0 N–H and O–H groups in total. The number of hydrogen-bond donors (Lipinski definition) is 0. The third-order valence-electron chi connectivity index (χ3n) is 2.19. The van der Waals surface area contributed by atoms with Crippen LogP contribution in [-0.4, -0.2) is 20.8 Å². The highest BCUT2D eigenvalue weighted by Crippen LogP contribution is 2.32. The van der Waals surface area contributed by atoms with Crippen LogP contribution in [0.1, 0.15) is 29.4 Å². The lowest BCUT2D eigenvalue weighted by atomic mass is 10.2. The molecular weight excluding hydrogens is 281 g/mol. The molecule has 0 spiro atoms. The van der Waals surface area contributed by atoms with E-state index in [1.807, 2.05) is 6.92 Å². The van der Waals surface area contributed by atoms with Crippen LogP contribution in [0.5, 0.6) is 0 Å². The summed E-state index contributed by atoms with van der Waals surface area (Å²) in [5.41, 5.74) is 0.838. The topological polar surface area (TPSA) is 47.8 Å². The van der Waals surface area contributed by atoms with E-state index in [1.165, 1.54) is 17.5 Å². The number of ketones is 1. The Bertz CT molecular complexity index is 549. The van der Waals surface area contributed by atoms with Crippen molar-refractivity contribution in [1.29, 1.82) is 0 Å². The zero-order valence-corrected chi connectivity index (χ0v) is 11.3. The second-order valence-electron chi connectivity index (χ2n) is 3.41. The molecule has 0 aliphatic carbocycles. The summed E-state index contributed by atoms with van der Waals surface area (Å²) in [5, 5.41) is 7.61. The van der Waals surface area contributed by atoms with Crippen molar-refractivity contribution in [3.63, 3.8) is 0 Å². The van der Waals surface area contributed by atoms with Crippen LogP contribution in [0.15, 0.2) is 12.3 Å². The first kappa shape index (κ1) is 12.5. The van der Waals surface area contributed by atoms with E-state index in [1.54, 1.807) is 10.7 Å². The molecule has 2 heterocycles. The Kier molecular flexibility index (Phi) is 3.81. The van der Waals surface area contributed by atoms with Crippen LogP contribution in [0.25, 0.3) is 0 Å². The Morgan fingerprint density at radius 1 is 1.53 bits per heavy atom. The van der Waals surface area contributed by atoms with Crippen molar-refractivity contribution in [2.45, 2.75) is 19.9 Å². The minimum atomic E-state index is -0.198. The molecule has 2 aromatic heterocycles. The molecule has 0 bridgehead atoms. The summed E-state index contributed by atoms with van der Waals surface area (Å²) >= 11 is 12.9. The van der Waals surface area contributed by atoms with E-state index in [0.29, 0.717) is 26.5 Å². The molecule has 0 saturated heterocycles. The molecule has 90 valence electrons. The van der Waals surface area contributed by atoms with E-state index in [0.717, 1.165) is 6.42 Å². The van der Waals surface area contributed by atoms with Gasteiger partial charge >= 0.3 is 0 Å². The third kappa shape index (κ3) is 2.51. The first-order valence-corrected chi connectivity index (χ1v) is 6.58. The lowest BCUT2D eigenvalue weighted by Gasteiger charge is -2.02. The van der Waals surface area contributed by atoms with Crippen molar-refractivity contribution >= 4 is 40.3 Å². The van der Waals surface area contributed by atoms with E-state index in [-0.39, 0.29) is 5.78 Å². The van der Waals surface area contributed by atoms with Crippen LogP contribution in [0.4, 0.5) is 0 Å². The van der Waals surface area contributed by atoms with E-state index in [2.05, 4.69) is 10.3 Å². The molecule has 2 rings (SSSR count). The van der Waals surface area contributed by atoms with Crippen molar-refractivity contribution in [3.05, 3.63) is 32.2 Å². The number of aromatic nitrogens is 3. The summed E-state index contributed by atoms with van der Waals surface area (Å²) in [7, 11) is 0. The molecule has 0 aromatic carbocycles. The van der Waals surface area contributed by atoms with E-state index < -0.39 is 0 Å². The van der Waals surface area contributed by atoms with Crippen molar-refractivity contribution in [2.75, 3.05) is 0 Å². The van der Waals surface area contributed by atoms with Gasteiger partial charge in [-0.1, -0.05) is 35.3 Å². The quantitative estimate of drug-likeness (QED) is 0.812. The molecule has 4 nitrogen and oxygen atoms in total. The predicted octanol–water partition coefficient (Wildman–Crippen LogP) is 3.29. The second-order valence-corrected chi connectivity index (χ2v) is 5.69. The van der Waals surface area contributed by atoms with Gasteiger partial charge in [0, 0.05) is 6.54 Å². The van der Waals surface area contributed by atoms with Gasteiger partial charge in [-0.05, 0) is 12.5 Å². The number of halogens is 2. The summed E-state index contributed by atoms with van der Waals surface area (Å²) in [4.78, 5) is 12.2. The van der Waals surface area contributed by atoms with E-state index in [9.17, 15) is 4.79 Å². The van der Waals surface area contributed by atoms with Crippen LogP contribution < -0.4 is 0 Å². The first-order chi connectivity index (χ1) is 8.13. The number of nitrogens with zero attached hydrogens (tertiary/aromatic N) is 3. The molecule has 2 aromatic rings. The van der Waals surface area contributed by atoms with Crippen LogP contribution in [-0.2, 0) is 6.54 Å². The van der Waals surface area contributed by atoms with Crippen molar-refractivity contribution in [1.82, 2.24) is 15.0 Å². The summed E-state index contributed by atoms with van der Waals surface area (Å²) in [6.07, 6.45) is 2.32. The SMILES string of the molecule is CCCn1nncc1C(=O)c1cc(Cl)sc1Cl. The Hall–Kier alpha value is -0.910. The molecule has 17 heavy (non-hydrogen) atoms. The zero-order chi connectivity index (χ0) is 12.4. The van der Waals surface area contributed by atoms with Crippen molar-refractivity contribution in [2.24, 2.45) is 0 Å². The monoisotopic (exact) mass is 289 g/mol. The number of hydrogen-bond acceptors (Lipinski definition) is 4. The van der Waals surface area contributed by atoms with Gasteiger partial charge in [0.25, 0.3) is 0 Å². The van der Waals surface area contributed by atoms with Gasteiger partial charge < -0.3 is 0 Å². The van der Waals surface area contributed by atoms with Gasteiger partial charge in [-0.25, -0.2) is 4.68 Å². The summed E-state index contributed by atoms with van der Waals surface area (Å²) in [6.45, 7) is 2.65. The maximum absolute atomic E-state index is 12.2. The van der Waals surface area contributed by atoms with Gasteiger partial charge in [0.1, 0.15) is 10.0 Å². The average molecular weight is 290 g/mol. The number of aryl methyl sites for hydroxylation is 1. The molecule has 7 heteroatoms. The highest BCUT2D eigenvalue weighted by Gasteiger charge is 2.20. The van der Waals surface area contributed by atoms with Crippen LogP contribution in [0.2, 0.25) is 8.67 Å². The van der Waals surface area contributed by atoms with Gasteiger partial charge in [0.15, 0.2) is 0 Å². The van der Waals surface area contributed by atoms with Crippen LogP contribution in [0.3, 0.4) is 0 Å². The lowest BCUT2D eigenvalue weighted by molar-refractivity contribution is 0.102. The predicted molar refractivity (Wildman–Crippen MR) is 68.1 cm³/mol. The van der Waals surface area contributed by atoms with Gasteiger partial charge in [0.05, 0.1) is 16.1 Å². The molecule has 0 atom stereocenters. The minimum Gasteiger partial charge on any atom is -0.287 e. The molecule has 0 aliphatic rings. The number of carbonyl (C=O) groups excluding carboxylic acids is 1. The second kappa shape index (κ2) is 5.16. The smallest absolute Gasteiger partial charge is 0.215 e. The number of thiophene rings is 1. The highest BCUT2D eigenvalue weighted by molar-refractivity contribution is 7.20. The Morgan fingerprint density at radius 3 is 2.88 bits per heavy atom. The van der Waals surface area contributed by atoms with Crippen molar-refractivity contribution < 1.29 is 4.79 Å². The summed E-state index contributed by atoms with van der Waals surface area (Å²) < 4.78 is 2.46. The molecule has 0 fully saturated rings. The molecular formula is C10H9Cl2N3OS. The normalized spacial score (nSPS) is 10.8. The average Bonchev–Trinajstić information content (AvgIpc) is 2.85. The molecule has 0 radical (unpaired) electrons. The number of rotatable bonds is 4. The molecule has 0 unspecified atom stereocenters. The third-order valence-corrected chi connectivity index (χ3v) is 3.67. The highest BCUT2D eigenvalue weighted by atomic mass is 35.5. The first-order valence-electron chi connectivity index (χ1n) is 5.01. The van der Waals surface area contributed by atoms with Crippen LogP contribution >= 0.6 is 34.5 Å². The number of carbonyl (C=O) groups is 1. The van der Waals surface area contributed by atoms with Crippen molar-refractivity contribution in [3.8, 4) is 0 Å². The van der Waals surface area contributed by atoms with Gasteiger partial charge in [-0.2, -0.15) is 0 Å². The largest absolute Gasteiger partial charge is 0.287 e. The Morgan fingerprint density at radius 2 is 2.29 bits per heavy atom. The molecule has 0 aliphatic heterocycles. The fourth-order valence-electron chi connectivity index (χ4n) is 1.44. The standard InChI is InChI=1S/C10H9Cl2N3OS/c1-2-3-15-7(5-13-14-15)9(16)6-4-8(11)17-10(6)12/h4-5H,2-3H2,1H3. The van der Waals surface area contributed by atoms with Gasteiger partial charge in [-0.15, -0.1) is 16.4 Å². The van der Waals surface area contributed by atoms with Gasteiger partial charge in [-0.3, -0.25) is 4.79 Å². The van der Waals surface area contributed by atoms with E-state index in [4.69, 9.17) is 23.2 Å². The van der Waals surface area contributed by atoms with E-state index >= 15 is 0 Å². The maximum atomic E-state index is 12.2. The summed E-state index contributed by atoms with van der Waals surface area (Å²) in [6, 6.07) is 1.57. The minimum absolute atomic E-state index is 0.198. The lowest BCUT2D eigenvalue weighted by Crippen LogP contribution is -2.11. The van der Waals surface area contributed by atoms with Gasteiger partial charge in [0.2, 0.25) is 5.78 Å². The Labute approximate surface area is 112 Å². The Balaban J connectivity index is 2.37. The fraction of sp³-hybridized carbons (Fsp3) is 0.300. The molecule has 0 saturated carbocycles. The fourth-order valence-corrected chi connectivity index (χ4v) is 2.90.